The Morgan fingerprint density at radius 1 is 1.30 bits per heavy atom. The maximum atomic E-state index is 6.02. The molecular formula is C15H29IN4. The maximum Gasteiger partial charge on any atom is 0.188 e. The van der Waals surface area contributed by atoms with Gasteiger partial charge in [0.2, 0.25) is 0 Å². The van der Waals surface area contributed by atoms with E-state index in [1.54, 1.807) is 0 Å². The fourth-order valence-electron chi connectivity index (χ4n) is 3.73. The van der Waals surface area contributed by atoms with Gasteiger partial charge in [-0.1, -0.05) is 26.2 Å². The highest BCUT2D eigenvalue weighted by Gasteiger charge is 2.45. The number of hydrogen-bond acceptors (Lipinski definition) is 2. The molecule has 1 heterocycles. The number of nitrogens with two attached hydrogens (primary N) is 1. The van der Waals surface area contributed by atoms with Crippen LogP contribution in [0.25, 0.3) is 0 Å². The van der Waals surface area contributed by atoms with Crippen molar-refractivity contribution in [3.8, 4) is 0 Å². The van der Waals surface area contributed by atoms with Crippen molar-refractivity contribution in [2.75, 3.05) is 19.6 Å². The molecule has 5 heteroatoms. The molecule has 1 saturated heterocycles. The van der Waals surface area contributed by atoms with Gasteiger partial charge in [0.1, 0.15) is 0 Å². The average molecular weight is 392 g/mol. The van der Waals surface area contributed by atoms with Gasteiger partial charge in [-0.3, -0.25) is 9.89 Å². The van der Waals surface area contributed by atoms with E-state index in [0.29, 0.717) is 18.0 Å². The molecule has 0 aromatic carbocycles. The third kappa shape index (κ3) is 3.78. The zero-order valence-electron chi connectivity index (χ0n) is 12.6. The molecule has 0 aromatic heterocycles. The SMILES string of the molecule is CCN1CCCC1CN=C(N)N[C@@H]1C[C@H]1C1CCC1.I. The largest absolute Gasteiger partial charge is 0.370 e. The van der Waals surface area contributed by atoms with E-state index in [0.717, 1.165) is 24.9 Å². The van der Waals surface area contributed by atoms with Crippen LogP contribution in [0, 0.1) is 11.8 Å². The van der Waals surface area contributed by atoms with E-state index in [9.17, 15) is 0 Å². The molecule has 3 aliphatic rings. The van der Waals surface area contributed by atoms with E-state index in [-0.39, 0.29) is 24.0 Å². The van der Waals surface area contributed by atoms with Gasteiger partial charge in [0.25, 0.3) is 0 Å². The summed E-state index contributed by atoms with van der Waals surface area (Å²) >= 11 is 0. The number of hydrogen-bond donors (Lipinski definition) is 2. The zero-order chi connectivity index (χ0) is 13.2. The van der Waals surface area contributed by atoms with Crippen LogP contribution in [-0.2, 0) is 0 Å². The Kier molecular flexibility index (Phi) is 5.95. The lowest BCUT2D eigenvalue weighted by Gasteiger charge is -2.25. The summed E-state index contributed by atoms with van der Waals surface area (Å²) in [6.45, 7) is 5.47. The van der Waals surface area contributed by atoms with Crippen molar-refractivity contribution in [2.45, 2.75) is 57.5 Å². The van der Waals surface area contributed by atoms with Crippen LogP contribution < -0.4 is 11.1 Å². The molecular weight excluding hydrogens is 363 g/mol. The number of likely N-dealkylation sites (tertiary alicyclic amines) is 1. The highest BCUT2D eigenvalue weighted by molar-refractivity contribution is 14.0. The second-order valence-electron chi connectivity index (χ2n) is 6.49. The lowest BCUT2D eigenvalue weighted by molar-refractivity contribution is 0.270. The molecule has 0 radical (unpaired) electrons. The lowest BCUT2D eigenvalue weighted by Crippen LogP contribution is -2.37. The van der Waals surface area contributed by atoms with Crippen molar-refractivity contribution < 1.29 is 0 Å². The summed E-state index contributed by atoms with van der Waals surface area (Å²) in [5.41, 5.74) is 6.02. The zero-order valence-corrected chi connectivity index (χ0v) is 14.9. The van der Waals surface area contributed by atoms with Crippen molar-refractivity contribution in [1.29, 1.82) is 0 Å². The quantitative estimate of drug-likeness (QED) is 0.429. The van der Waals surface area contributed by atoms with Gasteiger partial charge in [-0.25, -0.2) is 0 Å². The third-order valence-electron chi connectivity index (χ3n) is 5.31. The van der Waals surface area contributed by atoms with E-state index in [1.807, 2.05) is 0 Å². The molecule has 1 aliphatic heterocycles. The molecule has 4 nitrogen and oxygen atoms in total. The van der Waals surface area contributed by atoms with Gasteiger partial charge < -0.3 is 11.1 Å². The summed E-state index contributed by atoms with van der Waals surface area (Å²) in [6, 6.07) is 1.24. The van der Waals surface area contributed by atoms with Crippen molar-refractivity contribution >= 4 is 29.9 Å². The van der Waals surface area contributed by atoms with Gasteiger partial charge >= 0.3 is 0 Å². The number of rotatable bonds is 5. The van der Waals surface area contributed by atoms with E-state index in [4.69, 9.17) is 5.73 Å². The van der Waals surface area contributed by atoms with E-state index >= 15 is 0 Å². The Labute approximate surface area is 140 Å². The minimum absolute atomic E-state index is 0. The van der Waals surface area contributed by atoms with Crippen LogP contribution >= 0.6 is 24.0 Å². The molecule has 3 rings (SSSR count). The average Bonchev–Trinajstić information content (AvgIpc) is 2.91. The molecule has 2 saturated carbocycles. The molecule has 0 amide bonds. The van der Waals surface area contributed by atoms with Crippen LogP contribution in [0.5, 0.6) is 0 Å². The molecule has 0 aromatic rings. The Morgan fingerprint density at radius 2 is 2.10 bits per heavy atom. The van der Waals surface area contributed by atoms with Gasteiger partial charge in [-0.2, -0.15) is 0 Å². The van der Waals surface area contributed by atoms with Gasteiger partial charge in [0.05, 0.1) is 6.54 Å². The molecule has 3 fully saturated rings. The Balaban J connectivity index is 0.00000147. The van der Waals surface area contributed by atoms with Crippen LogP contribution in [0.3, 0.4) is 0 Å². The predicted molar refractivity (Wildman–Crippen MR) is 94.5 cm³/mol. The Hall–Kier alpha value is -0.0400. The summed E-state index contributed by atoms with van der Waals surface area (Å²) in [5, 5.41) is 3.42. The number of nitrogens with zero attached hydrogens (tertiary/aromatic N) is 2. The molecule has 0 bridgehead atoms. The minimum atomic E-state index is 0. The molecule has 1 unspecified atom stereocenters. The topological polar surface area (TPSA) is 53.6 Å². The summed E-state index contributed by atoms with van der Waals surface area (Å²) < 4.78 is 0. The Morgan fingerprint density at radius 3 is 2.75 bits per heavy atom. The molecule has 3 N–H and O–H groups in total. The summed E-state index contributed by atoms with van der Waals surface area (Å²) in [4.78, 5) is 7.08. The Bertz CT molecular complexity index is 343. The van der Waals surface area contributed by atoms with E-state index in [2.05, 4.69) is 22.1 Å². The van der Waals surface area contributed by atoms with Gasteiger partial charge in [-0.15, -0.1) is 24.0 Å². The van der Waals surface area contributed by atoms with Crippen molar-refractivity contribution in [2.24, 2.45) is 22.6 Å². The standard InChI is InChI=1S/C15H28N4.HI/c1-2-19-8-4-7-12(19)10-17-15(16)18-14-9-13(14)11-5-3-6-11;/h11-14H,2-10H2,1H3,(H3,16,17,18);1H/t12?,13-,14+;/m0./s1. The third-order valence-corrected chi connectivity index (χ3v) is 5.31. The lowest BCUT2D eigenvalue weighted by atomic mass is 9.81. The highest BCUT2D eigenvalue weighted by Crippen LogP contribution is 2.46. The number of likely N-dealkylation sites (N-methyl/N-ethyl adjacent to an activating group) is 1. The monoisotopic (exact) mass is 392 g/mol. The highest BCUT2D eigenvalue weighted by atomic mass is 127. The van der Waals surface area contributed by atoms with E-state index < -0.39 is 0 Å². The van der Waals surface area contributed by atoms with Crippen LogP contribution in [-0.4, -0.2) is 42.6 Å². The van der Waals surface area contributed by atoms with Gasteiger partial charge in [0, 0.05) is 12.1 Å². The normalized spacial score (nSPS) is 34.5. The van der Waals surface area contributed by atoms with Crippen molar-refractivity contribution in [3.63, 3.8) is 0 Å². The fourth-order valence-corrected chi connectivity index (χ4v) is 3.73. The first-order valence-corrected chi connectivity index (χ1v) is 8.08. The van der Waals surface area contributed by atoms with Crippen LogP contribution in [0.15, 0.2) is 4.99 Å². The second-order valence-corrected chi connectivity index (χ2v) is 6.49. The number of nitrogens with one attached hydrogen (secondary N) is 1. The van der Waals surface area contributed by atoms with Crippen molar-refractivity contribution in [3.05, 3.63) is 0 Å². The molecule has 20 heavy (non-hydrogen) atoms. The number of guanidine groups is 1. The first-order valence-electron chi connectivity index (χ1n) is 8.08. The van der Waals surface area contributed by atoms with Crippen molar-refractivity contribution in [1.82, 2.24) is 10.2 Å². The minimum Gasteiger partial charge on any atom is -0.370 e. The van der Waals surface area contributed by atoms with Gasteiger partial charge in [-0.05, 0) is 44.2 Å². The first kappa shape index (κ1) is 16.3. The summed E-state index contributed by atoms with van der Waals surface area (Å²) in [7, 11) is 0. The van der Waals surface area contributed by atoms with Gasteiger partial charge in [0.15, 0.2) is 5.96 Å². The molecule has 3 atom stereocenters. The van der Waals surface area contributed by atoms with Crippen LogP contribution in [0.4, 0.5) is 0 Å². The fraction of sp³-hybridized carbons (Fsp3) is 0.933. The van der Waals surface area contributed by atoms with Crippen LogP contribution in [0.2, 0.25) is 0 Å². The second kappa shape index (κ2) is 7.29. The molecule has 2 aliphatic carbocycles. The predicted octanol–water partition coefficient (Wildman–Crippen LogP) is 2.18. The summed E-state index contributed by atoms with van der Waals surface area (Å²) in [5.74, 6) is 2.55. The maximum absolute atomic E-state index is 6.02. The summed E-state index contributed by atoms with van der Waals surface area (Å²) in [6.07, 6.45) is 8.21. The number of aliphatic imine (C=N–C) groups is 1. The molecule has 0 spiro atoms. The number of halogens is 1. The first-order chi connectivity index (χ1) is 9.28. The molecule has 116 valence electrons. The van der Waals surface area contributed by atoms with Crippen LogP contribution in [0.1, 0.15) is 45.4 Å². The van der Waals surface area contributed by atoms with E-state index in [1.165, 1.54) is 45.1 Å². The smallest absolute Gasteiger partial charge is 0.188 e.